The first-order valence-corrected chi connectivity index (χ1v) is 5.69. The Morgan fingerprint density at radius 2 is 1.89 bits per heavy atom. The quantitative estimate of drug-likeness (QED) is 0.492. The number of hydrogen-bond donors (Lipinski definition) is 4. The molecule has 0 aliphatic heterocycles. The molecule has 1 aromatic heterocycles. The van der Waals surface area contributed by atoms with Gasteiger partial charge in [0.2, 0.25) is 5.91 Å². The van der Waals surface area contributed by atoms with Gasteiger partial charge in [0, 0.05) is 18.3 Å². The molecule has 0 saturated heterocycles. The Balaban J connectivity index is 2.46. The molecule has 0 aliphatic rings. The number of aryl methyl sites for hydroxylation is 1. The van der Waals surface area contributed by atoms with Crippen LogP contribution in [-0.2, 0) is 11.2 Å². The third-order valence-electron chi connectivity index (χ3n) is 2.65. The van der Waals surface area contributed by atoms with Crippen molar-refractivity contribution in [3.05, 3.63) is 30.1 Å². The van der Waals surface area contributed by atoms with Gasteiger partial charge in [-0.25, -0.2) is 0 Å². The lowest BCUT2D eigenvalue weighted by atomic mass is 10.0. The van der Waals surface area contributed by atoms with Crippen molar-refractivity contribution in [3.8, 4) is 0 Å². The number of amides is 1. The minimum Gasteiger partial charge on any atom is -0.394 e. The Morgan fingerprint density at radius 3 is 2.39 bits per heavy atom. The molecule has 1 amide bonds. The third-order valence-corrected chi connectivity index (χ3v) is 2.65. The largest absolute Gasteiger partial charge is 0.394 e. The summed E-state index contributed by atoms with van der Waals surface area (Å²) in [5.41, 5.74) is -0.573. The van der Waals surface area contributed by atoms with Crippen LogP contribution in [0.2, 0.25) is 0 Å². The molecule has 1 heterocycles. The van der Waals surface area contributed by atoms with Crippen LogP contribution in [0.1, 0.15) is 12.1 Å². The van der Waals surface area contributed by atoms with Crippen LogP contribution in [0, 0.1) is 0 Å². The maximum atomic E-state index is 11.6. The highest BCUT2D eigenvalue weighted by atomic mass is 16.3. The number of aliphatic hydroxyl groups excluding tert-OH is 3. The molecule has 1 aromatic rings. The summed E-state index contributed by atoms with van der Waals surface area (Å²) < 4.78 is 0. The first-order chi connectivity index (χ1) is 8.65. The lowest BCUT2D eigenvalue weighted by molar-refractivity contribution is -0.125. The predicted molar refractivity (Wildman–Crippen MR) is 64.7 cm³/mol. The maximum absolute atomic E-state index is 11.6. The van der Waals surface area contributed by atoms with Crippen LogP contribution in [-0.4, -0.2) is 51.6 Å². The predicted octanol–water partition coefficient (Wildman–Crippen LogP) is -1.15. The number of nitrogens with zero attached hydrogens (tertiary/aromatic N) is 1. The Morgan fingerprint density at radius 1 is 1.22 bits per heavy atom. The maximum Gasteiger partial charge on any atom is 0.221 e. The molecule has 0 saturated carbocycles. The molecule has 1 rings (SSSR count). The molecule has 6 nitrogen and oxygen atoms in total. The summed E-state index contributed by atoms with van der Waals surface area (Å²) in [6.45, 7) is -1.56. The number of nitrogens with one attached hydrogen (secondary N) is 1. The SMILES string of the molecule is O=C(CCc1ccccn1)NC(CO)(CO)CO. The lowest BCUT2D eigenvalue weighted by Crippen LogP contribution is -2.57. The van der Waals surface area contributed by atoms with E-state index >= 15 is 0 Å². The van der Waals surface area contributed by atoms with E-state index in [9.17, 15) is 4.79 Å². The first kappa shape index (κ1) is 14.6. The monoisotopic (exact) mass is 254 g/mol. The van der Waals surface area contributed by atoms with Crippen LogP contribution < -0.4 is 5.32 Å². The summed E-state index contributed by atoms with van der Waals surface area (Å²) in [4.78, 5) is 15.7. The number of rotatable bonds is 7. The summed E-state index contributed by atoms with van der Waals surface area (Å²) in [5.74, 6) is -0.349. The fraction of sp³-hybridized carbons (Fsp3) is 0.500. The second-order valence-corrected chi connectivity index (χ2v) is 4.12. The van der Waals surface area contributed by atoms with Crippen LogP contribution >= 0.6 is 0 Å². The summed E-state index contributed by atoms with van der Waals surface area (Å²) in [6.07, 6.45) is 2.29. The van der Waals surface area contributed by atoms with Crippen LogP contribution in [0.4, 0.5) is 0 Å². The standard InChI is InChI=1S/C12H18N2O4/c15-7-12(8-16,9-17)14-11(18)5-4-10-3-1-2-6-13-10/h1-3,6,15-17H,4-5,7-9H2,(H,14,18). The van der Waals surface area contributed by atoms with Crippen molar-refractivity contribution in [2.75, 3.05) is 19.8 Å². The molecule has 4 N–H and O–H groups in total. The number of pyridine rings is 1. The summed E-state index contributed by atoms with van der Waals surface area (Å²) in [5, 5.41) is 29.6. The summed E-state index contributed by atoms with van der Waals surface area (Å²) in [6, 6.07) is 5.43. The Labute approximate surface area is 105 Å². The van der Waals surface area contributed by atoms with Gasteiger partial charge in [-0.05, 0) is 18.6 Å². The van der Waals surface area contributed by atoms with Gasteiger partial charge in [-0.2, -0.15) is 0 Å². The Bertz CT molecular complexity index is 357. The van der Waals surface area contributed by atoms with Crippen molar-refractivity contribution < 1.29 is 20.1 Å². The number of carbonyl (C=O) groups excluding carboxylic acids is 1. The molecule has 0 unspecified atom stereocenters. The molecule has 100 valence electrons. The second kappa shape index (κ2) is 7.05. The fourth-order valence-corrected chi connectivity index (χ4v) is 1.41. The zero-order valence-electron chi connectivity index (χ0n) is 10.0. The molecular formula is C12H18N2O4. The topological polar surface area (TPSA) is 103 Å². The van der Waals surface area contributed by atoms with Crippen LogP contribution in [0.25, 0.3) is 0 Å². The van der Waals surface area contributed by atoms with E-state index in [0.717, 1.165) is 5.69 Å². The summed E-state index contributed by atoms with van der Waals surface area (Å²) >= 11 is 0. The van der Waals surface area contributed by atoms with E-state index in [1.54, 1.807) is 12.3 Å². The average Bonchev–Trinajstić information content (AvgIpc) is 2.44. The van der Waals surface area contributed by atoms with Crippen molar-refractivity contribution in [1.29, 1.82) is 0 Å². The van der Waals surface area contributed by atoms with Gasteiger partial charge in [0.15, 0.2) is 0 Å². The highest BCUT2D eigenvalue weighted by Gasteiger charge is 2.29. The fourth-order valence-electron chi connectivity index (χ4n) is 1.41. The van der Waals surface area contributed by atoms with Gasteiger partial charge < -0.3 is 20.6 Å². The van der Waals surface area contributed by atoms with Gasteiger partial charge in [-0.3, -0.25) is 9.78 Å². The molecule has 0 aliphatic carbocycles. The van der Waals surface area contributed by atoms with Crippen LogP contribution in [0.3, 0.4) is 0 Å². The van der Waals surface area contributed by atoms with Gasteiger partial charge >= 0.3 is 0 Å². The molecule has 0 atom stereocenters. The Kier molecular flexibility index (Phi) is 5.70. The van der Waals surface area contributed by atoms with Crippen molar-refractivity contribution in [2.45, 2.75) is 18.4 Å². The third kappa shape index (κ3) is 4.06. The number of hydrogen-bond acceptors (Lipinski definition) is 5. The number of aromatic nitrogens is 1. The van der Waals surface area contributed by atoms with Crippen molar-refractivity contribution in [2.24, 2.45) is 0 Å². The molecule has 0 radical (unpaired) electrons. The van der Waals surface area contributed by atoms with E-state index in [2.05, 4.69) is 10.3 Å². The van der Waals surface area contributed by atoms with Gasteiger partial charge in [0.05, 0.1) is 19.8 Å². The molecule has 0 aromatic carbocycles. The first-order valence-electron chi connectivity index (χ1n) is 5.69. The minimum absolute atomic E-state index is 0.179. The zero-order chi connectivity index (χ0) is 13.4. The normalized spacial score (nSPS) is 11.3. The van der Waals surface area contributed by atoms with Crippen LogP contribution in [0.5, 0.6) is 0 Å². The lowest BCUT2D eigenvalue weighted by Gasteiger charge is -2.28. The zero-order valence-corrected chi connectivity index (χ0v) is 10.0. The molecule has 0 bridgehead atoms. The van der Waals surface area contributed by atoms with Gasteiger partial charge in [-0.1, -0.05) is 6.07 Å². The molecule has 6 heteroatoms. The molecule has 18 heavy (non-hydrogen) atoms. The highest BCUT2D eigenvalue weighted by molar-refractivity contribution is 5.77. The van der Waals surface area contributed by atoms with Gasteiger partial charge in [0.25, 0.3) is 0 Å². The number of carbonyl (C=O) groups is 1. The highest BCUT2D eigenvalue weighted by Crippen LogP contribution is 2.04. The Hall–Kier alpha value is -1.50. The van der Waals surface area contributed by atoms with Gasteiger partial charge in [-0.15, -0.1) is 0 Å². The van der Waals surface area contributed by atoms with E-state index in [1.807, 2.05) is 12.1 Å². The van der Waals surface area contributed by atoms with E-state index in [-0.39, 0.29) is 12.3 Å². The minimum atomic E-state index is -1.36. The molecular weight excluding hydrogens is 236 g/mol. The van der Waals surface area contributed by atoms with Crippen LogP contribution in [0.15, 0.2) is 24.4 Å². The van der Waals surface area contributed by atoms with Gasteiger partial charge in [0.1, 0.15) is 5.54 Å². The van der Waals surface area contributed by atoms with E-state index in [1.165, 1.54) is 0 Å². The van der Waals surface area contributed by atoms with Crippen molar-refractivity contribution >= 4 is 5.91 Å². The second-order valence-electron chi connectivity index (χ2n) is 4.12. The summed E-state index contributed by atoms with van der Waals surface area (Å²) in [7, 11) is 0. The smallest absolute Gasteiger partial charge is 0.221 e. The van der Waals surface area contributed by atoms with Crippen molar-refractivity contribution in [1.82, 2.24) is 10.3 Å². The molecule has 0 fully saturated rings. The average molecular weight is 254 g/mol. The molecule has 0 spiro atoms. The van der Waals surface area contributed by atoms with E-state index < -0.39 is 25.4 Å². The van der Waals surface area contributed by atoms with E-state index in [4.69, 9.17) is 15.3 Å². The van der Waals surface area contributed by atoms with Crippen molar-refractivity contribution in [3.63, 3.8) is 0 Å². The van der Waals surface area contributed by atoms with E-state index in [0.29, 0.717) is 6.42 Å². The number of aliphatic hydroxyl groups is 3.